The van der Waals surface area contributed by atoms with Gasteiger partial charge < -0.3 is 10.0 Å². The molecule has 3 heterocycles. The van der Waals surface area contributed by atoms with Crippen LogP contribution in [-0.4, -0.2) is 51.4 Å². The molecule has 2 aromatic rings. The van der Waals surface area contributed by atoms with Gasteiger partial charge in [-0.05, 0) is 18.6 Å². The standard InChI is InChI=1S/C16H20ClN5O2/c1-11(23)15-12(3-2-4-18-15)10-21-5-7-22(8-6-21)13-9-19-20-16(24)14(13)17/h2-4,9,11,23H,5-8,10H2,1H3,(H,20,24). The minimum absolute atomic E-state index is 0.183. The second-order valence-electron chi connectivity index (χ2n) is 5.89. The van der Waals surface area contributed by atoms with E-state index in [1.807, 2.05) is 12.1 Å². The molecule has 2 N–H and O–H groups in total. The van der Waals surface area contributed by atoms with Gasteiger partial charge in [0.15, 0.2) is 0 Å². The lowest BCUT2D eigenvalue weighted by Gasteiger charge is -2.36. The Labute approximate surface area is 144 Å². The summed E-state index contributed by atoms with van der Waals surface area (Å²) in [5, 5.41) is 16.2. The molecule has 1 fully saturated rings. The lowest BCUT2D eigenvalue weighted by Crippen LogP contribution is -2.46. The minimum Gasteiger partial charge on any atom is -0.387 e. The van der Waals surface area contributed by atoms with Gasteiger partial charge in [-0.3, -0.25) is 14.7 Å². The summed E-state index contributed by atoms with van der Waals surface area (Å²) in [6.45, 7) is 5.65. The Morgan fingerprint density at radius 2 is 2.12 bits per heavy atom. The Kier molecular flexibility index (Phi) is 5.13. The number of halogens is 1. The fraction of sp³-hybridized carbons (Fsp3) is 0.438. The van der Waals surface area contributed by atoms with Gasteiger partial charge in [0.05, 0.1) is 23.7 Å². The van der Waals surface area contributed by atoms with Crippen molar-refractivity contribution >= 4 is 17.3 Å². The Hall–Kier alpha value is -1.96. The third-order valence-electron chi connectivity index (χ3n) is 4.21. The van der Waals surface area contributed by atoms with E-state index in [0.29, 0.717) is 5.69 Å². The van der Waals surface area contributed by atoms with Crippen LogP contribution in [0, 0.1) is 0 Å². The van der Waals surface area contributed by atoms with E-state index in [0.717, 1.165) is 44.0 Å². The molecule has 0 aromatic carbocycles. The number of nitrogens with one attached hydrogen (secondary N) is 1. The maximum absolute atomic E-state index is 11.6. The first-order valence-corrected chi connectivity index (χ1v) is 8.26. The number of aromatic nitrogens is 3. The van der Waals surface area contributed by atoms with Gasteiger partial charge in [0.25, 0.3) is 5.56 Å². The summed E-state index contributed by atoms with van der Waals surface area (Å²) in [6.07, 6.45) is 2.71. The average molecular weight is 350 g/mol. The summed E-state index contributed by atoms with van der Waals surface area (Å²) in [7, 11) is 0. The highest BCUT2D eigenvalue weighted by molar-refractivity contribution is 6.32. The summed E-state index contributed by atoms with van der Waals surface area (Å²) in [6, 6.07) is 3.89. The second kappa shape index (κ2) is 7.29. The van der Waals surface area contributed by atoms with Crippen molar-refractivity contribution in [1.82, 2.24) is 20.1 Å². The number of aromatic amines is 1. The Morgan fingerprint density at radius 1 is 1.38 bits per heavy atom. The molecule has 0 bridgehead atoms. The lowest BCUT2D eigenvalue weighted by atomic mass is 10.1. The number of rotatable bonds is 4. The van der Waals surface area contributed by atoms with Crippen LogP contribution in [0.4, 0.5) is 5.69 Å². The van der Waals surface area contributed by atoms with Gasteiger partial charge in [-0.2, -0.15) is 5.10 Å². The number of H-pyrrole nitrogens is 1. The van der Waals surface area contributed by atoms with Gasteiger partial charge in [0, 0.05) is 38.9 Å². The fourth-order valence-electron chi connectivity index (χ4n) is 2.94. The molecule has 0 spiro atoms. The number of pyridine rings is 1. The highest BCUT2D eigenvalue weighted by Gasteiger charge is 2.21. The van der Waals surface area contributed by atoms with Crippen molar-refractivity contribution in [1.29, 1.82) is 0 Å². The molecule has 1 atom stereocenters. The van der Waals surface area contributed by atoms with E-state index in [9.17, 15) is 9.90 Å². The van der Waals surface area contributed by atoms with Crippen LogP contribution in [0.2, 0.25) is 5.02 Å². The minimum atomic E-state index is -0.580. The van der Waals surface area contributed by atoms with Crippen LogP contribution in [0.5, 0.6) is 0 Å². The first-order valence-electron chi connectivity index (χ1n) is 7.88. The summed E-state index contributed by atoms with van der Waals surface area (Å²) in [4.78, 5) is 20.2. The van der Waals surface area contributed by atoms with Crippen molar-refractivity contribution in [2.45, 2.75) is 19.6 Å². The topological polar surface area (TPSA) is 85.3 Å². The van der Waals surface area contributed by atoms with Gasteiger partial charge in [0.1, 0.15) is 5.02 Å². The zero-order chi connectivity index (χ0) is 17.1. The lowest BCUT2D eigenvalue weighted by molar-refractivity contribution is 0.188. The van der Waals surface area contributed by atoms with Crippen LogP contribution >= 0.6 is 11.6 Å². The number of hydrogen-bond acceptors (Lipinski definition) is 6. The molecule has 128 valence electrons. The van der Waals surface area contributed by atoms with Crippen molar-refractivity contribution < 1.29 is 5.11 Å². The molecule has 3 rings (SSSR count). The van der Waals surface area contributed by atoms with E-state index in [4.69, 9.17) is 11.6 Å². The molecular weight excluding hydrogens is 330 g/mol. The van der Waals surface area contributed by atoms with Crippen molar-refractivity contribution in [3.63, 3.8) is 0 Å². The molecule has 8 heteroatoms. The molecule has 24 heavy (non-hydrogen) atoms. The molecule has 0 amide bonds. The number of aliphatic hydroxyl groups is 1. The number of aliphatic hydroxyl groups excluding tert-OH is 1. The highest BCUT2D eigenvalue weighted by atomic mass is 35.5. The van der Waals surface area contributed by atoms with Gasteiger partial charge in [0.2, 0.25) is 0 Å². The molecule has 1 aliphatic rings. The summed E-state index contributed by atoms with van der Waals surface area (Å²) >= 11 is 6.07. The van der Waals surface area contributed by atoms with Crippen LogP contribution in [-0.2, 0) is 6.54 Å². The van der Waals surface area contributed by atoms with E-state index in [1.165, 1.54) is 0 Å². The predicted molar refractivity (Wildman–Crippen MR) is 92.2 cm³/mol. The molecule has 7 nitrogen and oxygen atoms in total. The van der Waals surface area contributed by atoms with Gasteiger partial charge >= 0.3 is 0 Å². The van der Waals surface area contributed by atoms with Crippen molar-refractivity contribution in [2.75, 3.05) is 31.1 Å². The molecular formula is C16H20ClN5O2. The van der Waals surface area contributed by atoms with Crippen molar-refractivity contribution in [3.05, 3.63) is 51.2 Å². The molecule has 0 radical (unpaired) electrons. The molecule has 1 saturated heterocycles. The zero-order valence-corrected chi connectivity index (χ0v) is 14.2. The Morgan fingerprint density at radius 3 is 2.83 bits per heavy atom. The maximum atomic E-state index is 11.6. The van der Waals surface area contributed by atoms with E-state index >= 15 is 0 Å². The molecule has 0 saturated carbocycles. The highest BCUT2D eigenvalue weighted by Crippen LogP contribution is 2.23. The van der Waals surface area contributed by atoms with Crippen molar-refractivity contribution in [2.24, 2.45) is 0 Å². The van der Waals surface area contributed by atoms with Gasteiger partial charge in [-0.1, -0.05) is 17.7 Å². The Bertz CT molecular complexity index is 756. The van der Waals surface area contributed by atoms with Gasteiger partial charge in [-0.15, -0.1) is 0 Å². The maximum Gasteiger partial charge on any atom is 0.285 e. The third kappa shape index (κ3) is 3.58. The summed E-state index contributed by atoms with van der Waals surface area (Å²) in [5.41, 5.74) is 2.07. The largest absolute Gasteiger partial charge is 0.387 e. The van der Waals surface area contributed by atoms with Gasteiger partial charge in [-0.25, -0.2) is 5.10 Å². The normalized spacial score (nSPS) is 17.0. The molecule has 1 unspecified atom stereocenters. The average Bonchev–Trinajstić information content (AvgIpc) is 2.58. The smallest absolute Gasteiger partial charge is 0.285 e. The summed E-state index contributed by atoms with van der Waals surface area (Å²) in [5.74, 6) is 0. The quantitative estimate of drug-likeness (QED) is 0.862. The van der Waals surface area contributed by atoms with Crippen LogP contribution in [0.25, 0.3) is 0 Å². The second-order valence-corrected chi connectivity index (χ2v) is 6.26. The predicted octanol–water partition coefficient (Wildman–Crippen LogP) is 1.19. The van der Waals surface area contributed by atoms with E-state index in [2.05, 4.69) is 25.0 Å². The fourth-order valence-corrected chi connectivity index (χ4v) is 3.15. The third-order valence-corrected chi connectivity index (χ3v) is 4.57. The number of piperazine rings is 1. The van der Waals surface area contributed by atoms with Crippen LogP contribution < -0.4 is 10.5 Å². The number of hydrogen-bond donors (Lipinski definition) is 2. The Balaban J connectivity index is 1.66. The van der Waals surface area contributed by atoms with Crippen molar-refractivity contribution in [3.8, 4) is 0 Å². The molecule has 0 aliphatic carbocycles. The van der Waals surface area contributed by atoms with E-state index in [1.54, 1.807) is 19.3 Å². The van der Waals surface area contributed by atoms with Crippen LogP contribution in [0.1, 0.15) is 24.3 Å². The van der Waals surface area contributed by atoms with Crippen LogP contribution in [0.15, 0.2) is 29.3 Å². The molecule has 1 aliphatic heterocycles. The monoisotopic (exact) mass is 349 g/mol. The molecule has 2 aromatic heterocycles. The van der Waals surface area contributed by atoms with E-state index in [-0.39, 0.29) is 10.6 Å². The number of anilines is 1. The SMILES string of the molecule is CC(O)c1ncccc1CN1CCN(c2cn[nH]c(=O)c2Cl)CC1. The zero-order valence-electron chi connectivity index (χ0n) is 13.4. The van der Waals surface area contributed by atoms with Crippen LogP contribution in [0.3, 0.4) is 0 Å². The first kappa shape index (κ1) is 16.9. The summed E-state index contributed by atoms with van der Waals surface area (Å²) < 4.78 is 0. The van der Waals surface area contributed by atoms with E-state index < -0.39 is 6.10 Å². The number of nitrogens with zero attached hydrogens (tertiary/aromatic N) is 4. The first-order chi connectivity index (χ1) is 11.6.